The molecular weight excluding hydrogens is 350 g/mol. The van der Waals surface area contributed by atoms with Gasteiger partial charge in [0.1, 0.15) is 11.6 Å². The van der Waals surface area contributed by atoms with Gasteiger partial charge in [-0.15, -0.1) is 0 Å². The Bertz CT molecular complexity index is 539. The predicted octanol–water partition coefficient (Wildman–Crippen LogP) is 3.92. The lowest BCUT2D eigenvalue weighted by molar-refractivity contribution is -0.140. The van der Waals surface area contributed by atoms with Gasteiger partial charge < -0.3 is 15.2 Å². The summed E-state index contributed by atoms with van der Waals surface area (Å²) in [6, 6.07) is 6.38. The molecule has 0 saturated heterocycles. The first kappa shape index (κ1) is 18.5. The zero-order chi connectivity index (χ0) is 16.9. The molecule has 1 amide bonds. The van der Waals surface area contributed by atoms with Crippen molar-refractivity contribution in [2.24, 2.45) is 0 Å². The summed E-state index contributed by atoms with van der Waals surface area (Å²) >= 11 is 3.38. The van der Waals surface area contributed by atoms with Crippen LogP contribution in [0.3, 0.4) is 0 Å². The number of carboxylic acid groups (broad SMARTS) is 1. The third-order valence-corrected chi connectivity index (χ3v) is 3.55. The molecule has 2 N–H and O–H groups in total. The largest absolute Gasteiger partial charge is 0.480 e. The molecule has 1 rings (SSSR count). The molecule has 0 aliphatic heterocycles. The SMILES string of the molecule is CC[C@@H](c1cccc(Br)c1)C(NC(=O)OC(C)(C)C)C(=O)O. The molecular formula is C16H22BrNO4. The molecule has 0 bridgehead atoms. The van der Waals surface area contributed by atoms with Crippen LogP contribution in [0.2, 0.25) is 0 Å². The number of nitrogens with one attached hydrogen (secondary N) is 1. The van der Waals surface area contributed by atoms with Crippen molar-refractivity contribution < 1.29 is 19.4 Å². The van der Waals surface area contributed by atoms with Gasteiger partial charge in [0.25, 0.3) is 0 Å². The monoisotopic (exact) mass is 371 g/mol. The van der Waals surface area contributed by atoms with Gasteiger partial charge in [-0.25, -0.2) is 9.59 Å². The summed E-state index contributed by atoms with van der Waals surface area (Å²) < 4.78 is 6.02. The van der Waals surface area contributed by atoms with E-state index in [-0.39, 0.29) is 5.92 Å². The second kappa shape index (κ2) is 7.63. The second-order valence-electron chi connectivity index (χ2n) is 6.03. The molecule has 0 heterocycles. The van der Waals surface area contributed by atoms with E-state index >= 15 is 0 Å². The van der Waals surface area contributed by atoms with Crippen molar-refractivity contribution in [2.75, 3.05) is 0 Å². The van der Waals surface area contributed by atoms with E-state index in [4.69, 9.17) is 4.74 Å². The number of rotatable bonds is 5. The minimum Gasteiger partial charge on any atom is -0.480 e. The van der Waals surface area contributed by atoms with Crippen LogP contribution in [-0.4, -0.2) is 28.8 Å². The number of carbonyl (C=O) groups excluding carboxylic acids is 1. The number of ether oxygens (including phenoxy) is 1. The minimum atomic E-state index is -1.09. The van der Waals surface area contributed by atoms with Gasteiger partial charge in [-0.2, -0.15) is 0 Å². The normalized spacial score (nSPS) is 14.0. The molecule has 1 aromatic carbocycles. The molecule has 22 heavy (non-hydrogen) atoms. The fourth-order valence-electron chi connectivity index (χ4n) is 2.17. The van der Waals surface area contributed by atoms with Crippen LogP contribution in [0.15, 0.2) is 28.7 Å². The van der Waals surface area contributed by atoms with Gasteiger partial charge in [0.15, 0.2) is 0 Å². The van der Waals surface area contributed by atoms with E-state index in [0.717, 1.165) is 10.0 Å². The van der Waals surface area contributed by atoms with Crippen molar-refractivity contribution >= 4 is 28.0 Å². The first-order valence-corrected chi connectivity index (χ1v) is 7.91. The highest BCUT2D eigenvalue weighted by Crippen LogP contribution is 2.26. The standard InChI is InChI=1S/C16H22BrNO4/c1-5-12(10-7-6-8-11(17)9-10)13(14(19)20)18-15(21)22-16(2,3)4/h6-9,12-13H,5H2,1-4H3,(H,18,21)(H,19,20)/t12-,13?/m0/s1. The van der Waals surface area contributed by atoms with Crippen LogP contribution in [-0.2, 0) is 9.53 Å². The van der Waals surface area contributed by atoms with E-state index in [9.17, 15) is 14.7 Å². The Morgan fingerprint density at radius 2 is 2.00 bits per heavy atom. The van der Waals surface area contributed by atoms with E-state index in [1.165, 1.54) is 0 Å². The molecule has 0 aliphatic carbocycles. The summed E-state index contributed by atoms with van der Waals surface area (Å²) in [6.07, 6.45) is -0.156. The Kier molecular flexibility index (Phi) is 6.41. The van der Waals surface area contributed by atoms with E-state index in [1.807, 2.05) is 31.2 Å². The summed E-state index contributed by atoms with van der Waals surface area (Å²) in [7, 11) is 0. The summed E-state index contributed by atoms with van der Waals surface area (Å²) in [5.41, 5.74) is 0.172. The maximum Gasteiger partial charge on any atom is 0.408 e. The number of hydrogen-bond donors (Lipinski definition) is 2. The quantitative estimate of drug-likeness (QED) is 0.822. The summed E-state index contributed by atoms with van der Waals surface area (Å²) in [5, 5.41) is 11.9. The van der Waals surface area contributed by atoms with Crippen molar-refractivity contribution in [3.05, 3.63) is 34.3 Å². The average Bonchev–Trinajstić information content (AvgIpc) is 2.36. The number of carbonyl (C=O) groups is 2. The van der Waals surface area contributed by atoms with Crippen molar-refractivity contribution in [3.8, 4) is 0 Å². The molecule has 1 aromatic rings. The smallest absolute Gasteiger partial charge is 0.408 e. The number of amides is 1. The van der Waals surface area contributed by atoms with Crippen LogP contribution in [0.25, 0.3) is 0 Å². The average molecular weight is 372 g/mol. The van der Waals surface area contributed by atoms with Gasteiger partial charge in [-0.1, -0.05) is 35.0 Å². The highest BCUT2D eigenvalue weighted by atomic mass is 79.9. The van der Waals surface area contributed by atoms with Crippen molar-refractivity contribution in [3.63, 3.8) is 0 Å². The number of alkyl carbamates (subject to hydrolysis) is 1. The number of benzene rings is 1. The maximum atomic E-state index is 11.9. The summed E-state index contributed by atoms with van der Waals surface area (Å²) in [5.74, 6) is -1.43. The fraction of sp³-hybridized carbons (Fsp3) is 0.500. The van der Waals surface area contributed by atoms with E-state index in [2.05, 4.69) is 21.2 Å². The molecule has 0 radical (unpaired) electrons. The molecule has 0 spiro atoms. The zero-order valence-electron chi connectivity index (χ0n) is 13.2. The number of hydrogen-bond acceptors (Lipinski definition) is 3. The van der Waals surface area contributed by atoms with Crippen LogP contribution < -0.4 is 5.32 Å². The van der Waals surface area contributed by atoms with Crippen LogP contribution in [0.4, 0.5) is 4.79 Å². The Labute approximate surface area is 139 Å². The predicted molar refractivity (Wildman–Crippen MR) is 88.0 cm³/mol. The molecule has 1 unspecified atom stereocenters. The lowest BCUT2D eigenvalue weighted by Crippen LogP contribution is -2.46. The zero-order valence-corrected chi connectivity index (χ0v) is 14.8. The van der Waals surface area contributed by atoms with Gasteiger partial charge in [0, 0.05) is 10.4 Å². The minimum absolute atomic E-state index is 0.345. The van der Waals surface area contributed by atoms with E-state index in [1.54, 1.807) is 20.8 Å². The van der Waals surface area contributed by atoms with Crippen molar-refractivity contribution in [2.45, 2.75) is 51.7 Å². The lowest BCUT2D eigenvalue weighted by Gasteiger charge is -2.26. The fourth-order valence-corrected chi connectivity index (χ4v) is 2.59. The first-order valence-electron chi connectivity index (χ1n) is 7.12. The highest BCUT2D eigenvalue weighted by molar-refractivity contribution is 9.10. The van der Waals surface area contributed by atoms with Gasteiger partial charge >= 0.3 is 12.1 Å². The van der Waals surface area contributed by atoms with Crippen molar-refractivity contribution in [1.29, 1.82) is 0 Å². The molecule has 122 valence electrons. The second-order valence-corrected chi connectivity index (χ2v) is 6.95. The molecule has 5 nitrogen and oxygen atoms in total. The molecule has 0 aliphatic rings. The van der Waals surface area contributed by atoms with Crippen LogP contribution in [0.5, 0.6) is 0 Å². The molecule has 0 fully saturated rings. The van der Waals surface area contributed by atoms with Crippen LogP contribution in [0, 0.1) is 0 Å². The summed E-state index contributed by atoms with van der Waals surface area (Å²) in [6.45, 7) is 7.08. The Morgan fingerprint density at radius 1 is 1.36 bits per heavy atom. The molecule has 0 saturated carbocycles. The Morgan fingerprint density at radius 3 is 2.45 bits per heavy atom. The first-order chi connectivity index (χ1) is 10.1. The van der Waals surface area contributed by atoms with Crippen molar-refractivity contribution in [1.82, 2.24) is 5.32 Å². The van der Waals surface area contributed by atoms with E-state index in [0.29, 0.717) is 6.42 Å². The molecule has 2 atom stereocenters. The van der Waals surface area contributed by atoms with E-state index < -0.39 is 23.7 Å². The number of halogens is 1. The molecule has 6 heteroatoms. The summed E-state index contributed by atoms with van der Waals surface area (Å²) in [4.78, 5) is 23.5. The van der Waals surface area contributed by atoms with Crippen LogP contribution in [0.1, 0.15) is 45.6 Å². The van der Waals surface area contributed by atoms with Gasteiger partial charge in [-0.05, 0) is 44.9 Å². The highest BCUT2D eigenvalue weighted by Gasteiger charge is 2.31. The topological polar surface area (TPSA) is 75.6 Å². The third-order valence-electron chi connectivity index (χ3n) is 3.06. The lowest BCUT2D eigenvalue weighted by atomic mass is 9.89. The maximum absolute atomic E-state index is 11.9. The Hall–Kier alpha value is -1.56. The molecule has 0 aromatic heterocycles. The third kappa shape index (κ3) is 5.67. The van der Waals surface area contributed by atoms with Gasteiger partial charge in [0.2, 0.25) is 0 Å². The number of aliphatic carboxylic acids is 1. The number of carboxylic acids is 1. The van der Waals surface area contributed by atoms with Crippen LogP contribution >= 0.6 is 15.9 Å². The van der Waals surface area contributed by atoms with Gasteiger partial charge in [-0.3, -0.25) is 0 Å². The van der Waals surface area contributed by atoms with Gasteiger partial charge in [0.05, 0.1) is 0 Å². The Balaban J connectivity index is 2.97.